The summed E-state index contributed by atoms with van der Waals surface area (Å²) >= 11 is 1.82. The van der Waals surface area contributed by atoms with E-state index in [1.807, 2.05) is 11.8 Å². The molecule has 3 rings (SSSR count). The van der Waals surface area contributed by atoms with Gasteiger partial charge >= 0.3 is 0 Å². The first kappa shape index (κ1) is 23.0. The van der Waals surface area contributed by atoms with Gasteiger partial charge in [0.1, 0.15) is 11.7 Å². The summed E-state index contributed by atoms with van der Waals surface area (Å²) in [5.74, 6) is 2.70. The summed E-state index contributed by atoms with van der Waals surface area (Å²) < 4.78 is 8.19. The molecule has 0 bridgehead atoms. The van der Waals surface area contributed by atoms with Crippen molar-refractivity contribution in [3.8, 4) is 0 Å². The van der Waals surface area contributed by atoms with Crippen LogP contribution in [0.4, 0.5) is 5.69 Å². The Morgan fingerprint density at radius 3 is 2.45 bits per heavy atom. The van der Waals surface area contributed by atoms with Crippen molar-refractivity contribution in [2.45, 2.75) is 26.3 Å². The Morgan fingerprint density at radius 1 is 1.06 bits per heavy atom. The van der Waals surface area contributed by atoms with E-state index in [2.05, 4.69) is 109 Å². The topological polar surface area (TPSA) is 28.4 Å². The highest BCUT2D eigenvalue weighted by Gasteiger charge is 2.09. The SMILES string of the molecule is CCNC1=C(OCSCC[n+]2ccc(/C=C/c3ccc(N(C)C)cc3)cc2)C=CCC1. The van der Waals surface area contributed by atoms with E-state index in [1.165, 1.54) is 22.5 Å². The van der Waals surface area contributed by atoms with E-state index in [0.717, 1.165) is 37.4 Å². The normalized spacial score (nSPS) is 13.6. The number of nitrogens with zero attached hydrogens (tertiary/aromatic N) is 2. The van der Waals surface area contributed by atoms with Gasteiger partial charge in [-0.15, -0.1) is 11.8 Å². The predicted molar refractivity (Wildman–Crippen MR) is 134 cm³/mol. The first-order valence-corrected chi connectivity index (χ1v) is 12.1. The van der Waals surface area contributed by atoms with Crippen molar-refractivity contribution in [3.05, 3.63) is 83.5 Å². The zero-order chi connectivity index (χ0) is 21.9. The molecular formula is C26H34N3OS+. The van der Waals surface area contributed by atoms with Crippen LogP contribution in [-0.2, 0) is 11.3 Å². The van der Waals surface area contributed by atoms with Gasteiger partial charge in [0.15, 0.2) is 18.9 Å². The van der Waals surface area contributed by atoms with Crippen molar-refractivity contribution in [1.82, 2.24) is 5.32 Å². The minimum atomic E-state index is 0.683. The Bertz CT molecular complexity index is 899. The number of rotatable bonds is 11. The van der Waals surface area contributed by atoms with Gasteiger partial charge in [-0.3, -0.25) is 0 Å². The van der Waals surface area contributed by atoms with E-state index >= 15 is 0 Å². The fraction of sp³-hybridized carbons (Fsp3) is 0.346. The summed E-state index contributed by atoms with van der Waals surface area (Å²) in [6, 6.07) is 12.9. The lowest BCUT2D eigenvalue weighted by Gasteiger charge is -2.17. The van der Waals surface area contributed by atoms with Crippen LogP contribution in [0.2, 0.25) is 0 Å². The van der Waals surface area contributed by atoms with E-state index < -0.39 is 0 Å². The Morgan fingerprint density at radius 2 is 1.77 bits per heavy atom. The minimum absolute atomic E-state index is 0.683. The minimum Gasteiger partial charge on any atom is -0.481 e. The van der Waals surface area contributed by atoms with Crippen molar-refractivity contribution in [3.63, 3.8) is 0 Å². The summed E-state index contributed by atoms with van der Waals surface area (Å²) in [5.41, 5.74) is 4.86. The average molecular weight is 437 g/mol. The second-order valence-electron chi connectivity index (χ2n) is 7.67. The van der Waals surface area contributed by atoms with Crippen LogP contribution in [0.5, 0.6) is 0 Å². The molecule has 2 aromatic rings. The number of allylic oxidation sites excluding steroid dienone is 3. The second-order valence-corrected chi connectivity index (χ2v) is 8.73. The van der Waals surface area contributed by atoms with Crippen LogP contribution in [0.15, 0.2) is 72.4 Å². The molecule has 1 aromatic heterocycles. The maximum Gasteiger partial charge on any atom is 0.169 e. The van der Waals surface area contributed by atoms with Gasteiger partial charge in [0, 0.05) is 38.5 Å². The molecule has 1 aliphatic carbocycles. The molecule has 0 atom stereocenters. The molecule has 0 amide bonds. The Hall–Kier alpha value is -2.66. The van der Waals surface area contributed by atoms with Gasteiger partial charge in [-0.25, -0.2) is 4.57 Å². The van der Waals surface area contributed by atoms with Crippen LogP contribution in [0.3, 0.4) is 0 Å². The van der Waals surface area contributed by atoms with Crippen LogP contribution < -0.4 is 14.8 Å². The lowest BCUT2D eigenvalue weighted by atomic mass is 10.1. The molecule has 0 unspecified atom stereocenters. The smallest absolute Gasteiger partial charge is 0.169 e. The zero-order valence-electron chi connectivity index (χ0n) is 18.9. The molecule has 0 fully saturated rings. The van der Waals surface area contributed by atoms with Crippen molar-refractivity contribution in [1.29, 1.82) is 0 Å². The summed E-state index contributed by atoms with van der Waals surface area (Å²) in [5, 5.41) is 3.42. The van der Waals surface area contributed by atoms with Crippen LogP contribution >= 0.6 is 11.8 Å². The maximum atomic E-state index is 5.97. The van der Waals surface area contributed by atoms with Crippen LogP contribution in [-0.4, -0.2) is 32.3 Å². The molecule has 1 N–H and O–H groups in total. The van der Waals surface area contributed by atoms with E-state index in [1.54, 1.807) is 0 Å². The Balaban J connectivity index is 1.41. The summed E-state index contributed by atoms with van der Waals surface area (Å²) in [6.07, 6.45) is 15.0. The number of aryl methyl sites for hydroxylation is 1. The number of hydrogen-bond acceptors (Lipinski definition) is 4. The third kappa shape index (κ3) is 7.51. The van der Waals surface area contributed by atoms with E-state index in [-0.39, 0.29) is 0 Å². The molecule has 31 heavy (non-hydrogen) atoms. The summed E-state index contributed by atoms with van der Waals surface area (Å²) in [4.78, 5) is 2.11. The second kappa shape index (κ2) is 12.3. The molecule has 5 heteroatoms. The number of ether oxygens (including phenoxy) is 1. The molecule has 1 aromatic carbocycles. The number of thioether (sulfide) groups is 1. The summed E-state index contributed by atoms with van der Waals surface area (Å²) in [6.45, 7) is 4.03. The van der Waals surface area contributed by atoms with Crippen molar-refractivity contribution >= 4 is 29.6 Å². The van der Waals surface area contributed by atoms with Gasteiger partial charge in [0.2, 0.25) is 0 Å². The number of hydrogen-bond donors (Lipinski definition) is 1. The van der Waals surface area contributed by atoms with Crippen LogP contribution in [0.25, 0.3) is 12.2 Å². The van der Waals surface area contributed by atoms with Gasteiger partial charge < -0.3 is 15.0 Å². The third-order valence-electron chi connectivity index (χ3n) is 5.10. The molecule has 0 spiro atoms. The van der Waals surface area contributed by atoms with E-state index in [4.69, 9.17) is 4.74 Å². The number of aromatic nitrogens is 1. The highest BCUT2D eigenvalue weighted by molar-refractivity contribution is 7.99. The fourth-order valence-electron chi connectivity index (χ4n) is 3.31. The first-order chi connectivity index (χ1) is 15.2. The largest absolute Gasteiger partial charge is 0.481 e. The van der Waals surface area contributed by atoms with E-state index in [0.29, 0.717) is 5.94 Å². The van der Waals surface area contributed by atoms with Crippen LogP contribution in [0, 0.1) is 0 Å². The average Bonchev–Trinajstić information content (AvgIpc) is 2.80. The molecule has 1 heterocycles. The molecule has 0 saturated carbocycles. The molecule has 164 valence electrons. The fourth-order valence-corrected chi connectivity index (χ4v) is 3.97. The third-order valence-corrected chi connectivity index (χ3v) is 5.86. The van der Waals surface area contributed by atoms with Gasteiger partial charge in [-0.1, -0.05) is 30.4 Å². The van der Waals surface area contributed by atoms with Gasteiger partial charge in [-0.05, 0) is 49.1 Å². The van der Waals surface area contributed by atoms with Crippen molar-refractivity contribution in [2.24, 2.45) is 0 Å². The molecule has 1 aliphatic rings. The Labute approximate surface area is 191 Å². The predicted octanol–water partition coefficient (Wildman–Crippen LogP) is 5.09. The summed E-state index contributed by atoms with van der Waals surface area (Å²) in [7, 11) is 4.12. The van der Waals surface area contributed by atoms with Crippen molar-refractivity contribution in [2.75, 3.05) is 37.2 Å². The van der Waals surface area contributed by atoms with Crippen molar-refractivity contribution < 1.29 is 9.30 Å². The highest BCUT2D eigenvalue weighted by atomic mass is 32.2. The number of benzene rings is 1. The van der Waals surface area contributed by atoms with E-state index in [9.17, 15) is 0 Å². The Kier molecular flexibility index (Phi) is 9.10. The molecule has 0 saturated heterocycles. The number of anilines is 1. The number of nitrogens with one attached hydrogen (secondary N) is 1. The van der Waals surface area contributed by atoms with Gasteiger partial charge in [-0.2, -0.15) is 0 Å². The lowest BCUT2D eigenvalue weighted by molar-refractivity contribution is -0.692. The zero-order valence-corrected chi connectivity index (χ0v) is 19.7. The quantitative estimate of drug-likeness (QED) is 0.302. The molecular weight excluding hydrogens is 402 g/mol. The monoisotopic (exact) mass is 436 g/mol. The maximum absolute atomic E-state index is 5.97. The lowest BCUT2D eigenvalue weighted by Crippen LogP contribution is -2.33. The molecule has 0 aliphatic heterocycles. The number of pyridine rings is 1. The first-order valence-electron chi connectivity index (χ1n) is 10.9. The van der Waals surface area contributed by atoms with Gasteiger partial charge in [0.25, 0.3) is 0 Å². The molecule has 4 nitrogen and oxygen atoms in total. The van der Waals surface area contributed by atoms with Gasteiger partial charge in [0.05, 0.1) is 11.4 Å². The van der Waals surface area contributed by atoms with Crippen LogP contribution in [0.1, 0.15) is 30.9 Å². The molecule has 0 radical (unpaired) electrons. The highest BCUT2D eigenvalue weighted by Crippen LogP contribution is 2.19. The standard InChI is InChI=1S/C26H34N3OS/c1-4-27-25-7-5-6-8-26(25)30-21-31-20-19-29-17-15-23(16-18-29)10-9-22-11-13-24(14-12-22)28(2)3/h6,8-18,27H,4-5,7,19-21H2,1-3H3/q+1.